The first-order valence-corrected chi connectivity index (χ1v) is 6.14. The molecule has 5 heteroatoms. The number of carbonyl (C=O) groups is 1. The zero-order valence-electron chi connectivity index (χ0n) is 11.4. The summed E-state index contributed by atoms with van der Waals surface area (Å²) in [5, 5.41) is 0. The monoisotopic (exact) mass is 272 g/mol. The summed E-state index contributed by atoms with van der Waals surface area (Å²) in [6.45, 7) is 1.87. The van der Waals surface area contributed by atoms with Crippen LogP contribution in [0.1, 0.15) is 21.6 Å². The van der Waals surface area contributed by atoms with Crippen molar-refractivity contribution < 1.29 is 14.3 Å². The molecule has 0 aliphatic carbocycles. The third kappa shape index (κ3) is 3.06. The van der Waals surface area contributed by atoms with Crippen molar-refractivity contribution in [2.75, 3.05) is 12.8 Å². The van der Waals surface area contributed by atoms with Gasteiger partial charge in [0.15, 0.2) is 0 Å². The fourth-order valence-corrected chi connectivity index (χ4v) is 1.74. The van der Waals surface area contributed by atoms with Crippen molar-refractivity contribution in [2.24, 2.45) is 0 Å². The molecule has 0 unspecified atom stereocenters. The molecule has 5 nitrogen and oxygen atoms in total. The lowest BCUT2D eigenvalue weighted by Crippen LogP contribution is -2.09. The van der Waals surface area contributed by atoms with Crippen molar-refractivity contribution in [3.05, 3.63) is 53.2 Å². The van der Waals surface area contributed by atoms with E-state index in [1.807, 2.05) is 0 Å². The van der Waals surface area contributed by atoms with Gasteiger partial charge in [0.25, 0.3) is 0 Å². The molecule has 0 radical (unpaired) electrons. The summed E-state index contributed by atoms with van der Waals surface area (Å²) in [5.74, 6) is 0.0677. The highest BCUT2D eigenvalue weighted by Gasteiger charge is 2.12. The van der Waals surface area contributed by atoms with Crippen LogP contribution in [0.2, 0.25) is 0 Å². The Hall–Kier alpha value is -2.56. The van der Waals surface area contributed by atoms with Gasteiger partial charge >= 0.3 is 5.97 Å². The van der Waals surface area contributed by atoms with Gasteiger partial charge < -0.3 is 15.2 Å². The molecule has 2 aromatic rings. The maximum Gasteiger partial charge on any atom is 0.338 e. The van der Waals surface area contributed by atoms with Gasteiger partial charge in [-0.25, -0.2) is 9.78 Å². The van der Waals surface area contributed by atoms with Crippen molar-refractivity contribution in [2.45, 2.75) is 13.5 Å². The summed E-state index contributed by atoms with van der Waals surface area (Å²) in [4.78, 5) is 16.2. The molecule has 2 N–H and O–H groups in total. The van der Waals surface area contributed by atoms with E-state index < -0.39 is 5.97 Å². The van der Waals surface area contributed by atoms with Crippen molar-refractivity contribution in [3.8, 4) is 5.88 Å². The Bertz CT molecular complexity index is 626. The maximum absolute atomic E-state index is 12.0. The second kappa shape index (κ2) is 6.06. The van der Waals surface area contributed by atoms with Gasteiger partial charge in [0.1, 0.15) is 6.61 Å². The average Bonchev–Trinajstić information content (AvgIpc) is 2.48. The van der Waals surface area contributed by atoms with Gasteiger partial charge in [0, 0.05) is 11.8 Å². The molecule has 0 saturated carbocycles. The number of esters is 1. The SMILES string of the molecule is COc1cccc(COC(=O)c2cccc(N)c2C)n1. The normalized spacial score (nSPS) is 10.1. The van der Waals surface area contributed by atoms with Gasteiger partial charge in [0.2, 0.25) is 5.88 Å². The van der Waals surface area contributed by atoms with Crippen LogP contribution < -0.4 is 10.5 Å². The van der Waals surface area contributed by atoms with Crippen molar-refractivity contribution in [3.63, 3.8) is 0 Å². The molecule has 2 rings (SSSR count). The van der Waals surface area contributed by atoms with Crippen LogP contribution in [-0.2, 0) is 11.3 Å². The van der Waals surface area contributed by atoms with Gasteiger partial charge in [-0.2, -0.15) is 0 Å². The number of aromatic nitrogens is 1. The minimum atomic E-state index is -0.417. The maximum atomic E-state index is 12.0. The minimum absolute atomic E-state index is 0.0876. The molecule has 1 aromatic carbocycles. The second-order valence-corrected chi connectivity index (χ2v) is 4.27. The Morgan fingerprint density at radius 2 is 2.00 bits per heavy atom. The number of hydrogen-bond acceptors (Lipinski definition) is 5. The molecule has 104 valence electrons. The van der Waals surface area contributed by atoms with Crippen LogP contribution in [0.4, 0.5) is 5.69 Å². The third-order valence-electron chi connectivity index (χ3n) is 2.94. The molecule has 0 spiro atoms. The van der Waals surface area contributed by atoms with Crippen molar-refractivity contribution >= 4 is 11.7 Å². The van der Waals surface area contributed by atoms with Gasteiger partial charge in [0.05, 0.1) is 18.4 Å². The second-order valence-electron chi connectivity index (χ2n) is 4.27. The van der Waals surface area contributed by atoms with Crippen molar-refractivity contribution in [1.29, 1.82) is 0 Å². The molecular formula is C15H16N2O3. The Labute approximate surface area is 117 Å². The van der Waals surface area contributed by atoms with Crippen LogP contribution in [0.3, 0.4) is 0 Å². The molecule has 1 heterocycles. The number of nitrogens with two attached hydrogens (primary N) is 1. The number of nitrogens with zero attached hydrogens (tertiary/aromatic N) is 1. The van der Waals surface area contributed by atoms with Crippen LogP contribution >= 0.6 is 0 Å². The highest BCUT2D eigenvalue weighted by molar-refractivity contribution is 5.92. The lowest BCUT2D eigenvalue weighted by Gasteiger charge is -2.09. The average molecular weight is 272 g/mol. The molecule has 0 aliphatic rings. The van der Waals surface area contributed by atoms with E-state index in [0.29, 0.717) is 22.8 Å². The quantitative estimate of drug-likeness (QED) is 0.683. The summed E-state index contributed by atoms with van der Waals surface area (Å²) in [6.07, 6.45) is 0. The third-order valence-corrected chi connectivity index (χ3v) is 2.94. The first-order chi connectivity index (χ1) is 9.61. The van der Waals surface area contributed by atoms with Crippen molar-refractivity contribution in [1.82, 2.24) is 4.98 Å². The number of anilines is 1. The number of rotatable bonds is 4. The van der Waals surface area contributed by atoms with E-state index in [-0.39, 0.29) is 6.61 Å². The number of ether oxygens (including phenoxy) is 2. The highest BCUT2D eigenvalue weighted by Crippen LogP contribution is 2.17. The molecule has 0 amide bonds. The predicted octanol–water partition coefficient (Wildman–Crippen LogP) is 2.34. The Kier molecular flexibility index (Phi) is 4.20. The lowest BCUT2D eigenvalue weighted by molar-refractivity contribution is 0.0466. The number of nitrogen functional groups attached to an aromatic ring is 1. The summed E-state index contributed by atoms with van der Waals surface area (Å²) in [6, 6.07) is 10.4. The van der Waals surface area contributed by atoms with E-state index in [0.717, 1.165) is 5.56 Å². The molecule has 1 aromatic heterocycles. The molecule has 0 aliphatic heterocycles. The van der Waals surface area contributed by atoms with E-state index in [1.165, 1.54) is 7.11 Å². The first kappa shape index (κ1) is 13.9. The first-order valence-electron chi connectivity index (χ1n) is 6.14. The topological polar surface area (TPSA) is 74.4 Å². The Morgan fingerprint density at radius 3 is 2.75 bits per heavy atom. The van der Waals surface area contributed by atoms with E-state index in [4.69, 9.17) is 15.2 Å². The van der Waals surface area contributed by atoms with E-state index >= 15 is 0 Å². The largest absolute Gasteiger partial charge is 0.481 e. The molecular weight excluding hydrogens is 256 g/mol. The van der Waals surface area contributed by atoms with Gasteiger partial charge in [-0.15, -0.1) is 0 Å². The van der Waals surface area contributed by atoms with Gasteiger partial charge in [-0.05, 0) is 30.7 Å². The molecule has 20 heavy (non-hydrogen) atoms. The van der Waals surface area contributed by atoms with E-state index in [1.54, 1.807) is 43.3 Å². The van der Waals surface area contributed by atoms with Crippen LogP contribution in [0, 0.1) is 6.92 Å². The summed E-state index contributed by atoms with van der Waals surface area (Å²) >= 11 is 0. The number of carbonyl (C=O) groups excluding carboxylic acids is 1. The fraction of sp³-hybridized carbons (Fsp3) is 0.200. The van der Waals surface area contributed by atoms with Gasteiger partial charge in [-0.3, -0.25) is 0 Å². The molecule has 0 fully saturated rings. The number of hydrogen-bond donors (Lipinski definition) is 1. The standard InChI is InChI=1S/C15H16N2O3/c1-10-12(6-4-7-13(10)16)15(18)20-9-11-5-3-8-14(17-11)19-2/h3-8H,9,16H2,1-2H3. The highest BCUT2D eigenvalue weighted by atomic mass is 16.5. The van der Waals surface area contributed by atoms with E-state index in [9.17, 15) is 4.79 Å². The summed E-state index contributed by atoms with van der Waals surface area (Å²) in [5.41, 5.74) is 8.14. The Morgan fingerprint density at radius 1 is 1.25 bits per heavy atom. The summed E-state index contributed by atoms with van der Waals surface area (Å²) < 4.78 is 10.2. The lowest BCUT2D eigenvalue weighted by atomic mass is 10.1. The smallest absolute Gasteiger partial charge is 0.338 e. The zero-order chi connectivity index (χ0) is 14.5. The van der Waals surface area contributed by atoms with Crippen LogP contribution in [-0.4, -0.2) is 18.1 Å². The fourth-order valence-electron chi connectivity index (χ4n) is 1.74. The van der Waals surface area contributed by atoms with Gasteiger partial charge in [-0.1, -0.05) is 12.1 Å². The molecule has 0 atom stereocenters. The van der Waals surface area contributed by atoms with Crippen LogP contribution in [0.15, 0.2) is 36.4 Å². The zero-order valence-corrected chi connectivity index (χ0v) is 11.4. The Balaban J connectivity index is 2.06. The molecule has 0 saturated heterocycles. The van der Waals surface area contributed by atoms with E-state index in [2.05, 4.69) is 4.98 Å². The van der Waals surface area contributed by atoms with Crippen LogP contribution in [0.5, 0.6) is 5.88 Å². The summed E-state index contributed by atoms with van der Waals surface area (Å²) in [7, 11) is 1.54. The molecule has 0 bridgehead atoms. The number of methoxy groups -OCH3 is 1. The number of benzene rings is 1. The predicted molar refractivity (Wildman–Crippen MR) is 75.5 cm³/mol. The van der Waals surface area contributed by atoms with Crippen LogP contribution in [0.25, 0.3) is 0 Å². The number of pyridine rings is 1. The minimum Gasteiger partial charge on any atom is -0.481 e.